The van der Waals surface area contributed by atoms with E-state index < -0.39 is 0 Å². The number of hydrogen-bond donors (Lipinski definition) is 0. The molecule has 26 heavy (non-hydrogen) atoms. The largest absolute Gasteiger partial charge is 0.453 e. The van der Waals surface area contributed by atoms with E-state index >= 15 is 0 Å². The smallest absolute Gasteiger partial charge is 0.231 e. The Labute approximate surface area is 154 Å². The van der Waals surface area contributed by atoms with Gasteiger partial charge in [-0.25, -0.2) is 4.39 Å². The highest BCUT2D eigenvalue weighted by Gasteiger charge is 2.34. The van der Waals surface area contributed by atoms with Crippen molar-refractivity contribution in [3.63, 3.8) is 0 Å². The molecule has 0 unspecified atom stereocenters. The lowest BCUT2D eigenvalue weighted by atomic mass is 9.93. The predicted molar refractivity (Wildman–Crippen MR) is 101 cm³/mol. The predicted octanol–water partition coefficient (Wildman–Crippen LogP) is 4.17. The number of hydrogen-bond acceptors (Lipinski definition) is 4. The van der Waals surface area contributed by atoms with Crippen LogP contribution < -0.4 is 14.4 Å². The first-order chi connectivity index (χ1) is 12.6. The molecule has 0 bridgehead atoms. The van der Waals surface area contributed by atoms with E-state index in [1.54, 1.807) is 6.07 Å². The summed E-state index contributed by atoms with van der Waals surface area (Å²) < 4.78 is 24.9. The molecule has 2 heterocycles. The summed E-state index contributed by atoms with van der Waals surface area (Å²) in [4.78, 5) is 4.58. The van der Waals surface area contributed by atoms with E-state index in [2.05, 4.69) is 41.0 Å². The Kier molecular flexibility index (Phi) is 4.49. The second-order valence-electron chi connectivity index (χ2n) is 7.26. The summed E-state index contributed by atoms with van der Waals surface area (Å²) in [6.07, 6.45) is 0.980. The molecular formula is C21H25FN2O2. The fraction of sp³-hybridized carbons (Fsp3) is 0.429. The summed E-state index contributed by atoms with van der Waals surface area (Å²) in [7, 11) is 4.10. The van der Waals surface area contributed by atoms with Crippen molar-refractivity contribution < 1.29 is 13.9 Å². The van der Waals surface area contributed by atoms with Crippen LogP contribution in [0.1, 0.15) is 36.4 Å². The van der Waals surface area contributed by atoms with E-state index in [0.717, 1.165) is 25.1 Å². The van der Waals surface area contributed by atoms with Gasteiger partial charge in [-0.1, -0.05) is 19.1 Å². The minimum atomic E-state index is -0.322. The fourth-order valence-corrected chi connectivity index (χ4v) is 4.06. The lowest BCUT2D eigenvalue weighted by Crippen LogP contribution is -2.23. The van der Waals surface area contributed by atoms with Crippen molar-refractivity contribution in [3.05, 3.63) is 53.3 Å². The summed E-state index contributed by atoms with van der Waals surface area (Å²) >= 11 is 0. The number of rotatable bonds is 4. The zero-order valence-electron chi connectivity index (χ0n) is 15.5. The lowest BCUT2D eigenvalue weighted by molar-refractivity contribution is 0.171. The molecule has 1 fully saturated rings. The number of halogens is 1. The molecule has 0 radical (unpaired) electrons. The van der Waals surface area contributed by atoms with Gasteiger partial charge in [0.1, 0.15) is 0 Å². The second kappa shape index (κ2) is 6.80. The summed E-state index contributed by atoms with van der Waals surface area (Å²) in [6, 6.07) is 12.7. The van der Waals surface area contributed by atoms with Crippen LogP contribution in [0.5, 0.6) is 11.5 Å². The SMILES string of the molecule is CCN1C[C@H](c2cc(F)c3c(c2)OCO3)C[C@@H]1c1ccc(N(C)C)cc1. The van der Waals surface area contributed by atoms with Gasteiger partial charge in [0, 0.05) is 32.4 Å². The molecular weight excluding hydrogens is 331 g/mol. The van der Waals surface area contributed by atoms with Crippen LogP contribution in [0.2, 0.25) is 0 Å². The molecule has 5 heteroatoms. The molecule has 0 aliphatic carbocycles. The standard InChI is InChI=1S/C21H25FN2O2/c1-4-24-12-16(15-9-18(22)21-20(11-15)25-13-26-21)10-19(24)14-5-7-17(8-6-14)23(2)3/h5-9,11,16,19H,4,10,12-13H2,1-3H3/t16-,19-/m1/s1. The van der Waals surface area contributed by atoms with Crippen molar-refractivity contribution >= 4 is 5.69 Å². The summed E-state index contributed by atoms with van der Waals surface area (Å²) in [5.74, 6) is 0.742. The van der Waals surface area contributed by atoms with Crippen LogP contribution in [-0.2, 0) is 0 Å². The third kappa shape index (κ3) is 3.01. The van der Waals surface area contributed by atoms with Gasteiger partial charge in [0.15, 0.2) is 11.6 Å². The summed E-state index contributed by atoms with van der Waals surface area (Å²) in [5, 5.41) is 0. The average molecular weight is 356 g/mol. The molecule has 4 nitrogen and oxygen atoms in total. The molecule has 0 spiro atoms. The first kappa shape index (κ1) is 17.2. The molecule has 138 valence electrons. The number of likely N-dealkylation sites (N-methyl/N-ethyl adjacent to an activating group) is 1. The van der Waals surface area contributed by atoms with E-state index in [1.807, 2.05) is 20.2 Å². The van der Waals surface area contributed by atoms with E-state index in [-0.39, 0.29) is 24.3 Å². The topological polar surface area (TPSA) is 24.9 Å². The number of likely N-dealkylation sites (tertiary alicyclic amines) is 1. The van der Waals surface area contributed by atoms with Crippen LogP contribution in [0.3, 0.4) is 0 Å². The van der Waals surface area contributed by atoms with Crippen LogP contribution in [-0.4, -0.2) is 38.9 Å². The van der Waals surface area contributed by atoms with E-state index in [9.17, 15) is 4.39 Å². The van der Waals surface area contributed by atoms with Gasteiger partial charge < -0.3 is 14.4 Å². The number of fused-ring (bicyclic) bond motifs is 1. The molecule has 2 aromatic rings. The molecule has 0 amide bonds. The average Bonchev–Trinajstić information content (AvgIpc) is 3.28. The van der Waals surface area contributed by atoms with Crippen molar-refractivity contribution in [2.45, 2.75) is 25.3 Å². The molecule has 2 aliphatic heterocycles. The molecule has 0 N–H and O–H groups in total. The van der Waals surface area contributed by atoms with Crippen molar-refractivity contribution in [2.24, 2.45) is 0 Å². The van der Waals surface area contributed by atoms with Gasteiger partial charge in [0.25, 0.3) is 0 Å². The minimum absolute atomic E-state index is 0.0995. The summed E-state index contributed by atoms with van der Waals surface area (Å²) in [5.41, 5.74) is 3.52. The van der Waals surface area contributed by atoms with Crippen LogP contribution in [0.15, 0.2) is 36.4 Å². The quantitative estimate of drug-likeness (QED) is 0.821. The van der Waals surface area contributed by atoms with Gasteiger partial charge in [-0.15, -0.1) is 0 Å². The highest BCUT2D eigenvalue weighted by molar-refractivity contribution is 5.48. The molecule has 0 aromatic heterocycles. The van der Waals surface area contributed by atoms with Crippen molar-refractivity contribution in [2.75, 3.05) is 38.9 Å². The Hall–Kier alpha value is -2.27. The molecule has 2 atom stereocenters. The Morgan fingerprint density at radius 3 is 2.58 bits per heavy atom. The number of benzene rings is 2. The number of nitrogens with zero attached hydrogens (tertiary/aromatic N) is 2. The fourth-order valence-electron chi connectivity index (χ4n) is 4.06. The zero-order chi connectivity index (χ0) is 18.3. The van der Waals surface area contributed by atoms with Crippen molar-refractivity contribution in [3.8, 4) is 11.5 Å². The molecule has 2 aromatic carbocycles. The van der Waals surface area contributed by atoms with Crippen LogP contribution in [0.25, 0.3) is 0 Å². The Balaban J connectivity index is 1.58. The van der Waals surface area contributed by atoms with Gasteiger partial charge >= 0.3 is 0 Å². The van der Waals surface area contributed by atoms with E-state index in [0.29, 0.717) is 11.8 Å². The third-order valence-corrected chi connectivity index (χ3v) is 5.52. The zero-order valence-corrected chi connectivity index (χ0v) is 15.5. The number of ether oxygens (including phenoxy) is 2. The maximum absolute atomic E-state index is 14.3. The Morgan fingerprint density at radius 2 is 1.88 bits per heavy atom. The van der Waals surface area contributed by atoms with Crippen LogP contribution >= 0.6 is 0 Å². The van der Waals surface area contributed by atoms with Crippen LogP contribution in [0, 0.1) is 5.82 Å². The first-order valence-electron chi connectivity index (χ1n) is 9.17. The molecule has 4 rings (SSSR count). The third-order valence-electron chi connectivity index (χ3n) is 5.52. The molecule has 1 saturated heterocycles. The van der Waals surface area contributed by atoms with Crippen LogP contribution in [0.4, 0.5) is 10.1 Å². The maximum Gasteiger partial charge on any atom is 0.231 e. The van der Waals surface area contributed by atoms with Gasteiger partial charge in [0.05, 0.1) is 0 Å². The van der Waals surface area contributed by atoms with Gasteiger partial charge in [-0.3, -0.25) is 4.90 Å². The lowest BCUT2D eigenvalue weighted by Gasteiger charge is -2.23. The molecule has 0 saturated carbocycles. The van der Waals surface area contributed by atoms with E-state index in [4.69, 9.17) is 9.47 Å². The normalized spacial score (nSPS) is 22.0. The second-order valence-corrected chi connectivity index (χ2v) is 7.26. The summed E-state index contributed by atoms with van der Waals surface area (Å²) in [6.45, 7) is 4.19. The van der Waals surface area contributed by atoms with Crippen molar-refractivity contribution in [1.82, 2.24) is 4.90 Å². The van der Waals surface area contributed by atoms with E-state index in [1.165, 1.54) is 11.3 Å². The monoisotopic (exact) mass is 356 g/mol. The molecule has 2 aliphatic rings. The van der Waals surface area contributed by atoms with Gasteiger partial charge in [0.2, 0.25) is 12.5 Å². The minimum Gasteiger partial charge on any atom is -0.453 e. The maximum atomic E-state index is 14.3. The highest BCUT2D eigenvalue weighted by atomic mass is 19.1. The number of anilines is 1. The highest BCUT2D eigenvalue weighted by Crippen LogP contribution is 2.44. The van der Waals surface area contributed by atoms with Crippen molar-refractivity contribution in [1.29, 1.82) is 0 Å². The Morgan fingerprint density at radius 1 is 1.12 bits per heavy atom. The first-order valence-corrected chi connectivity index (χ1v) is 9.17. The van der Waals surface area contributed by atoms with Gasteiger partial charge in [-0.05, 0) is 54.3 Å². The van der Waals surface area contributed by atoms with Gasteiger partial charge in [-0.2, -0.15) is 0 Å². The Bertz CT molecular complexity index is 791.